The van der Waals surface area contributed by atoms with Crippen LogP contribution >= 0.6 is 24.0 Å². The van der Waals surface area contributed by atoms with Crippen molar-refractivity contribution in [2.75, 3.05) is 38.1 Å². The van der Waals surface area contributed by atoms with Crippen LogP contribution in [0.4, 0.5) is 5.69 Å². The molecule has 2 N–H and O–H groups in total. The summed E-state index contributed by atoms with van der Waals surface area (Å²) in [5.41, 5.74) is 3.50. The first-order chi connectivity index (χ1) is 15.2. The van der Waals surface area contributed by atoms with Crippen molar-refractivity contribution >= 4 is 35.6 Å². The van der Waals surface area contributed by atoms with Crippen LogP contribution in [0.5, 0.6) is 0 Å². The smallest absolute Gasteiger partial charge is 0.194 e. The summed E-state index contributed by atoms with van der Waals surface area (Å²) in [5, 5.41) is 3.43. The van der Waals surface area contributed by atoms with Gasteiger partial charge in [-0.05, 0) is 37.0 Å². The highest BCUT2D eigenvalue weighted by Crippen LogP contribution is 2.23. The van der Waals surface area contributed by atoms with E-state index in [0.29, 0.717) is 12.5 Å². The molecule has 1 unspecified atom stereocenters. The molecule has 1 fully saturated rings. The van der Waals surface area contributed by atoms with E-state index in [4.69, 9.17) is 4.99 Å². The molecule has 0 aliphatic carbocycles. The Morgan fingerprint density at radius 1 is 1.16 bits per heavy atom. The average Bonchev–Trinajstić information content (AvgIpc) is 3.48. The molecule has 2 aromatic carbocycles. The highest BCUT2D eigenvalue weighted by molar-refractivity contribution is 14.0. The lowest BCUT2D eigenvalue weighted by atomic mass is 10.1. The van der Waals surface area contributed by atoms with Crippen molar-refractivity contribution in [2.45, 2.75) is 19.9 Å². The molecular weight excluding hydrogens is 511 g/mol. The normalized spacial score (nSPS) is 16.0. The fourth-order valence-corrected chi connectivity index (χ4v) is 4.05. The minimum Gasteiger partial charge on any atom is -0.371 e. The summed E-state index contributed by atoms with van der Waals surface area (Å²) in [7, 11) is 2.07. The van der Waals surface area contributed by atoms with Gasteiger partial charge in [-0.3, -0.25) is 4.99 Å². The molecule has 2 heterocycles. The van der Waals surface area contributed by atoms with Crippen LogP contribution in [-0.2, 0) is 6.54 Å². The highest BCUT2D eigenvalue weighted by Gasteiger charge is 2.22. The molecule has 0 spiro atoms. The number of hydrogen-bond acceptors (Lipinski definition) is 3. The van der Waals surface area contributed by atoms with Crippen molar-refractivity contribution in [1.82, 2.24) is 20.2 Å². The van der Waals surface area contributed by atoms with E-state index in [-0.39, 0.29) is 24.0 Å². The van der Waals surface area contributed by atoms with Gasteiger partial charge in [0.1, 0.15) is 5.82 Å². The molecule has 1 atom stereocenters. The third kappa shape index (κ3) is 6.25. The molecule has 6 nitrogen and oxygen atoms in total. The first-order valence-electron chi connectivity index (χ1n) is 11.1. The number of nitrogens with zero attached hydrogens (tertiary/aromatic N) is 4. The predicted molar refractivity (Wildman–Crippen MR) is 144 cm³/mol. The fraction of sp³-hybridized carbons (Fsp3) is 0.360. The SMILES string of the molecule is CCNC(=NCC1CCN(c2ccccc2)C1)N(C)Cc1ncc(-c2ccccc2)[nH]1.I. The molecule has 0 bridgehead atoms. The Bertz CT molecular complexity index is 972. The molecule has 1 aromatic heterocycles. The van der Waals surface area contributed by atoms with E-state index < -0.39 is 0 Å². The second-order valence-corrected chi connectivity index (χ2v) is 8.10. The molecule has 170 valence electrons. The predicted octanol–water partition coefficient (Wildman–Crippen LogP) is 4.62. The number of anilines is 1. The average molecular weight is 544 g/mol. The van der Waals surface area contributed by atoms with E-state index in [2.05, 4.69) is 81.5 Å². The van der Waals surface area contributed by atoms with Gasteiger partial charge in [-0.2, -0.15) is 0 Å². The van der Waals surface area contributed by atoms with Crippen LogP contribution in [0.15, 0.2) is 71.9 Å². The summed E-state index contributed by atoms with van der Waals surface area (Å²) in [5.74, 6) is 2.44. The van der Waals surface area contributed by atoms with Gasteiger partial charge in [0.25, 0.3) is 0 Å². The van der Waals surface area contributed by atoms with Gasteiger partial charge in [-0.25, -0.2) is 4.98 Å². The molecule has 0 amide bonds. The highest BCUT2D eigenvalue weighted by atomic mass is 127. The van der Waals surface area contributed by atoms with Gasteiger partial charge in [0.2, 0.25) is 0 Å². The number of hydrogen-bond donors (Lipinski definition) is 2. The van der Waals surface area contributed by atoms with E-state index in [1.54, 1.807) is 0 Å². The first kappa shape index (κ1) is 24.1. The Balaban J connectivity index is 0.00000289. The summed E-state index contributed by atoms with van der Waals surface area (Å²) in [4.78, 5) is 17.6. The van der Waals surface area contributed by atoms with Crippen LogP contribution in [0.3, 0.4) is 0 Å². The van der Waals surface area contributed by atoms with Gasteiger partial charge in [0, 0.05) is 38.9 Å². The Morgan fingerprint density at radius 3 is 2.59 bits per heavy atom. The van der Waals surface area contributed by atoms with Gasteiger partial charge >= 0.3 is 0 Å². The van der Waals surface area contributed by atoms with Crippen LogP contribution in [0.1, 0.15) is 19.2 Å². The number of guanidine groups is 1. The Labute approximate surface area is 208 Å². The van der Waals surface area contributed by atoms with E-state index in [0.717, 1.165) is 49.2 Å². The summed E-state index contributed by atoms with van der Waals surface area (Å²) < 4.78 is 0. The summed E-state index contributed by atoms with van der Waals surface area (Å²) >= 11 is 0. The van der Waals surface area contributed by atoms with Crippen molar-refractivity contribution in [3.05, 3.63) is 72.7 Å². The molecular formula is C25H33IN6. The van der Waals surface area contributed by atoms with Crippen LogP contribution < -0.4 is 10.2 Å². The molecule has 3 aromatic rings. The minimum absolute atomic E-state index is 0. The minimum atomic E-state index is 0. The van der Waals surface area contributed by atoms with Crippen LogP contribution in [0.25, 0.3) is 11.3 Å². The van der Waals surface area contributed by atoms with Crippen LogP contribution in [0, 0.1) is 5.92 Å². The largest absolute Gasteiger partial charge is 0.371 e. The number of para-hydroxylation sites is 1. The van der Waals surface area contributed by atoms with Crippen molar-refractivity contribution < 1.29 is 0 Å². The third-order valence-corrected chi connectivity index (χ3v) is 5.70. The van der Waals surface area contributed by atoms with Gasteiger partial charge in [-0.15, -0.1) is 24.0 Å². The monoisotopic (exact) mass is 544 g/mol. The number of H-pyrrole nitrogens is 1. The molecule has 1 aliphatic heterocycles. The van der Waals surface area contributed by atoms with Crippen LogP contribution in [0.2, 0.25) is 0 Å². The zero-order valence-electron chi connectivity index (χ0n) is 18.9. The maximum absolute atomic E-state index is 4.95. The quantitative estimate of drug-likeness (QED) is 0.259. The third-order valence-electron chi connectivity index (χ3n) is 5.70. The Hall–Kier alpha value is -2.55. The standard InChI is InChI=1S/C25H32N6.HI/c1-3-26-25(28-16-20-14-15-31(18-20)22-12-8-5-9-13-22)30(2)19-24-27-17-23(29-24)21-10-6-4-7-11-21;/h4-13,17,20H,3,14-16,18-19H2,1-2H3,(H,26,28)(H,27,29);1H. The van der Waals surface area contributed by atoms with Gasteiger partial charge < -0.3 is 20.1 Å². The molecule has 32 heavy (non-hydrogen) atoms. The first-order valence-corrected chi connectivity index (χ1v) is 11.1. The fourth-order valence-electron chi connectivity index (χ4n) is 4.05. The lowest BCUT2D eigenvalue weighted by Crippen LogP contribution is -2.39. The number of imidazole rings is 1. The molecule has 4 rings (SSSR count). The zero-order chi connectivity index (χ0) is 21.5. The Morgan fingerprint density at radius 2 is 1.88 bits per heavy atom. The maximum atomic E-state index is 4.95. The molecule has 1 saturated heterocycles. The molecule has 7 heteroatoms. The van der Waals surface area contributed by atoms with Crippen LogP contribution in [-0.4, -0.2) is 54.1 Å². The number of aliphatic imine (C=N–C) groups is 1. The topological polar surface area (TPSA) is 59.6 Å². The van der Waals surface area contributed by atoms with Crippen molar-refractivity contribution in [3.63, 3.8) is 0 Å². The summed E-state index contributed by atoms with van der Waals surface area (Å²) in [6.45, 7) is 6.64. The van der Waals surface area contributed by atoms with Crippen molar-refractivity contribution in [2.24, 2.45) is 10.9 Å². The second kappa shape index (κ2) is 11.9. The number of rotatable bonds is 7. The van der Waals surface area contributed by atoms with E-state index in [1.807, 2.05) is 24.4 Å². The van der Waals surface area contributed by atoms with Gasteiger partial charge in [0.15, 0.2) is 5.96 Å². The lowest BCUT2D eigenvalue weighted by molar-refractivity contribution is 0.460. The molecule has 0 saturated carbocycles. The van der Waals surface area contributed by atoms with Crippen molar-refractivity contribution in [1.29, 1.82) is 0 Å². The second-order valence-electron chi connectivity index (χ2n) is 8.10. The van der Waals surface area contributed by atoms with E-state index in [9.17, 15) is 0 Å². The lowest BCUT2D eigenvalue weighted by Gasteiger charge is -2.22. The summed E-state index contributed by atoms with van der Waals surface area (Å²) in [6.07, 6.45) is 3.08. The number of halogens is 1. The van der Waals surface area contributed by atoms with Gasteiger partial charge in [-0.1, -0.05) is 48.5 Å². The van der Waals surface area contributed by atoms with E-state index >= 15 is 0 Å². The van der Waals surface area contributed by atoms with E-state index in [1.165, 1.54) is 12.1 Å². The summed E-state index contributed by atoms with van der Waals surface area (Å²) in [6, 6.07) is 21.0. The number of benzene rings is 2. The molecule has 1 aliphatic rings. The van der Waals surface area contributed by atoms with Gasteiger partial charge in [0.05, 0.1) is 18.4 Å². The number of aromatic nitrogens is 2. The maximum Gasteiger partial charge on any atom is 0.194 e. The number of aromatic amines is 1. The van der Waals surface area contributed by atoms with Crippen molar-refractivity contribution in [3.8, 4) is 11.3 Å². The molecule has 0 radical (unpaired) electrons. The number of nitrogens with one attached hydrogen (secondary N) is 2. The Kier molecular flexibility index (Phi) is 8.96. The zero-order valence-corrected chi connectivity index (χ0v) is 21.2.